The monoisotopic (exact) mass is 279 g/mol. The van der Waals surface area contributed by atoms with Crippen LogP contribution >= 0.6 is 11.3 Å². The summed E-state index contributed by atoms with van der Waals surface area (Å²) in [6.45, 7) is 2.60. The molecule has 0 saturated carbocycles. The molecular weight excluding hydrogens is 268 g/mol. The summed E-state index contributed by atoms with van der Waals surface area (Å²) in [4.78, 5) is 8.45. The molecular formula is C13H11F2N3S. The average Bonchev–Trinajstić information content (AvgIpc) is 2.95. The van der Waals surface area contributed by atoms with Crippen molar-refractivity contribution in [2.45, 2.75) is 19.9 Å². The molecule has 98 valence electrons. The van der Waals surface area contributed by atoms with Crippen molar-refractivity contribution in [3.05, 3.63) is 46.2 Å². The van der Waals surface area contributed by atoms with E-state index in [-0.39, 0.29) is 0 Å². The molecule has 2 heterocycles. The second-order valence-corrected chi connectivity index (χ2v) is 5.36. The zero-order chi connectivity index (χ0) is 13.4. The summed E-state index contributed by atoms with van der Waals surface area (Å²) in [6.07, 6.45) is 2.34. The zero-order valence-electron chi connectivity index (χ0n) is 10.2. The van der Waals surface area contributed by atoms with Crippen LogP contribution in [0.1, 0.15) is 10.7 Å². The lowest BCUT2D eigenvalue weighted by molar-refractivity contribution is 0.510. The quantitative estimate of drug-likeness (QED) is 0.736. The van der Waals surface area contributed by atoms with Gasteiger partial charge in [-0.3, -0.25) is 0 Å². The Morgan fingerprint density at radius 2 is 2.05 bits per heavy atom. The number of hydrogen-bond donors (Lipinski definition) is 0. The van der Waals surface area contributed by atoms with E-state index in [2.05, 4.69) is 9.97 Å². The van der Waals surface area contributed by atoms with Crippen LogP contribution in [0.2, 0.25) is 0 Å². The average molecular weight is 279 g/mol. The lowest BCUT2D eigenvalue weighted by Crippen LogP contribution is -2.00. The lowest BCUT2D eigenvalue weighted by Gasteiger charge is -2.03. The summed E-state index contributed by atoms with van der Waals surface area (Å²) < 4.78 is 28.1. The second-order valence-electron chi connectivity index (χ2n) is 4.30. The van der Waals surface area contributed by atoms with Crippen LogP contribution in [0.25, 0.3) is 11.0 Å². The van der Waals surface area contributed by atoms with E-state index >= 15 is 0 Å². The van der Waals surface area contributed by atoms with Crippen LogP contribution in [-0.4, -0.2) is 14.5 Å². The molecule has 3 aromatic rings. The number of rotatable bonds is 3. The molecule has 0 aliphatic rings. The van der Waals surface area contributed by atoms with Crippen molar-refractivity contribution in [2.24, 2.45) is 0 Å². The molecule has 0 bridgehead atoms. The molecule has 0 fully saturated rings. The van der Waals surface area contributed by atoms with Gasteiger partial charge in [0.1, 0.15) is 0 Å². The van der Waals surface area contributed by atoms with Crippen molar-refractivity contribution < 1.29 is 8.78 Å². The Morgan fingerprint density at radius 1 is 1.26 bits per heavy atom. The lowest BCUT2D eigenvalue weighted by atomic mass is 10.3. The number of nitrogens with zero attached hydrogens (tertiary/aromatic N) is 3. The summed E-state index contributed by atoms with van der Waals surface area (Å²) in [5, 5.41) is 3.04. The fourth-order valence-corrected chi connectivity index (χ4v) is 2.64. The molecule has 6 heteroatoms. The van der Waals surface area contributed by atoms with Crippen molar-refractivity contribution in [3.8, 4) is 0 Å². The third kappa shape index (κ3) is 2.35. The van der Waals surface area contributed by atoms with Crippen LogP contribution in [0.5, 0.6) is 0 Å². The number of fused-ring (bicyclic) bond motifs is 1. The van der Waals surface area contributed by atoms with E-state index in [4.69, 9.17) is 0 Å². The highest BCUT2D eigenvalue weighted by atomic mass is 32.1. The Hall–Kier alpha value is -1.82. The van der Waals surface area contributed by atoms with E-state index in [0.717, 1.165) is 23.2 Å². The van der Waals surface area contributed by atoms with Crippen LogP contribution in [0, 0.1) is 18.6 Å². The Bertz CT molecular complexity index is 733. The first-order chi connectivity index (χ1) is 9.13. The highest BCUT2D eigenvalue weighted by molar-refractivity contribution is 7.09. The van der Waals surface area contributed by atoms with Gasteiger partial charge >= 0.3 is 0 Å². The molecule has 0 radical (unpaired) electrons. The Labute approximate surface area is 112 Å². The van der Waals surface area contributed by atoms with Crippen molar-refractivity contribution in [1.29, 1.82) is 0 Å². The highest BCUT2D eigenvalue weighted by Crippen LogP contribution is 2.18. The van der Waals surface area contributed by atoms with Gasteiger partial charge < -0.3 is 4.57 Å². The molecule has 3 rings (SSSR count). The molecule has 1 aromatic carbocycles. The standard InChI is InChI=1S/C13H11F2N3S/c1-8-17-9(6-19-8)2-3-18-7-16-12-4-10(14)11(15)5-13(12)18/h4-7H,2-3H2,1H3. The van der Waals surface area contributed by atoms with E-state index in [9.17, 15) is 8.78 Å². The molecule has 3 nitrogen and oxygen atoms in total. The van der Waals surface area contributed by atoms with Crippen LogP contribution in [0.4, 0.5) is 8.78 Å². The minimum atomic E-state index is -0.868. The molecule has 19 heavy (non-hydrogen) atoms. The van der Waals surface area contributed by atoms with Crippen molar-refractivity contribution >= 4 is 22.4 Å². The number of thiazole rings is 1. The fraction of sp³-hybridized carbons (Fsp3) is 0.231. The van der Waals surface area contributed by atoms with Gasteiger partial charge in [-0.25, -0.2) is 18.7 Å². The molecule has 0 atom stereocenters. The van der Waals surface area contributed by atoms with Gasteiger partial charge in [0.25, 0.3) is 0 Å². The minimum absolute atomic E-state index is 0.466. The van der Waals surface area contributed by atoms with E-state index in [1.807, 2.05) is 16.9 Å². The Kier molecular flexibility index (Phi) is 3.02. The van der Waals surface area contributed by atoms with Gasteiger partial charge in [0.15, 0.2) is 11.6 Å². The van der Waals surface area contributed by atoms with Crippen LogP contribution in [0.3, 0.4) is 0 Å². The molecule has 0 saturated heterocycles. The predicted octanol–water partition coefficient (Wildman–Crippen LogP) is 3.32. The van der Waals surface area contributed by atoms with Crippen molar-refractivity contribution in [1.82, 2.24) is 14.5 Å². The van der Waals surface area contributed by atoms with Gasteiger partial charge in [0, 0.05) is 30.5 Å². The van der Waals surface area contributed by atoms with Crippen LogP contribution < -0.4 is 0 Å². The zero-order valence-corrected chi connectivity index (χ0v) is 11.0. The first-order valence-electron chi connectivity index (χ1n) is 5.84. The molecule has 0 unspecified atom stereocenters. The number of halogens is 2. The smallest absolute Gasteiger partial charge is 0.161 e. The third-order valence-electron chi connectivity index (χ3n) is 2.94. The summed E-state index contributed by atoms with van der Waals surface area (Å²) in [6, 6.07) is 2.30. The maximum absolute atomic E-state index is 13.2. The van der Waals surface area contributed by atoms with E-state index in [1.165, 1.54) is 6.07 Å². The molecule has 0 aliphatic heterocycles. The van der Waals surface area contributed by atoms with Gasteiger partial charge in [-0.2, -0.15) is 0 Å². The number of benzene rings is 1. The van der Waals surface area contributed by atoms with E-state index in [1.54, 1.807) is 17.7 Å². The second kappa shape index (κ2) is 4.70. The number of imidazole rings is 1. The largest absolute Gasteiger partial charge is 0.330 e. The van der Waals surface area contributed by atoms with Gasteiger partial charge in [-0.1, -0.05) is 0 Å². The molecule has 0 spiro atoms. The third-order valence-corrected chi connectivity index (χ3v) is 3.76. The highest BCUT2D eigenvalue weighted by Gasteiger charge is 2.09. The minimum Gasteiger partial charge on any atom is -0.330 e. The molecule has 0 amide bonds. The number of hydrogen-bond acceptors (Lipinski definition) is 3. The number of aromatic nitrogens is 3. The first-order valence-corrected chi connectivity index (χ1v) is 6.72. The summed E-state index contributed by atoms with van der Waals surface area (Å²) >= 11 is 1.60. The van der Waals surface area contributed by atoms with E-state index in [0.29, 0.717) is 17.6 Å². The van der Waals surface area contributed by atoms with Gasteiger partial charge in [0.05, 0.1) is 28.1 Å². The molecule has 2 aromatic heterocycles. The summed E-state index contributed by atoms with van der Waals surface area (Å²) in [5.41, 5.74) is 2.08. The maximum Gasteiger partial charge on any atom is 0.161 e. The summed E-state index contributed by atoms with van der Waals surface area (Å²) in [7, 11) is 0. The topological polar surface area (TPSA) is 30.7 Å². The Balaban J connectivity index is 1.87. The molecule has 0 aliphatic carbocycles. The first kappa shape index (κ1) is 12.2. The van der Waals surface area contributed by atoms with Crippen molar-refractivity contribution in [2.75, 3.05) is 0 Å². The summed E-state index contributed by atoms with van der Waals surface area (Å²) in [5.74, 6) is -1.72. The van der Waals surface area contributed by atoms with E-state index < -0.39 is 11.6 Å². The number of aryl methyl sites for hydroxylation is 3. The normalized spacial score (nSPS) is 11.3. The SMILES string of the molecule is Cc1nc(CCn2cnc3cc(F)c(F)cc32)cs1. The van der Waals surface area contributed by atoms with Gasteiger partial charge in [-0.15, -0.1) is 11.3 Å². The maximum atomic E-state index is 13.2. The molecule has 0 N–H and O–H groups in total. The Morgan fingerprint density at radius 3 is 2.79 bits per heavy atom. The van der Waals surface area contributed by atoms with Crippen molar-refractivity contribution in [3.63, 3.8) is 0 Å². The fourth-order valence-electron chi connectivity index (χ4n) is 1.99. The predicted molar refractivity (Wildman–Crippen MR) is 70.2 cm³/mol. The van der Waals surface area contributed by atoms with Crippen LogP contribution in [0.15, 0.2) is 23.8 Å². The van der Waals surface area contributed by atoms with Gasteiger partial charge in [-0.05, 0) is 6.92 Å². The van der Waals surface area contributed by atoms with Crippen LogP contribution in [-0.2, 0) is 13.0 Å². The van der Waals surface area contributed by atoms with Gasteiger partial charge in [0.2, 0.25) is 0 Å².